The van der Waals surface area contributed by atoms with Crippen LogP contribution in [0.15, 0.2) is 24.3 Å². The van der Waals surface area contributed by atoms with Gasteiger partial charge < -0.3 is 16.8 Å². The van der Waals surface area contributed by atoms with Crippen molar-refractivity contribution in [3.05, 3.63) is 29.8 Å². The van der Waals surface area contributed by atoms with E-state index in [-0.39, 0.29) is 12.6 Å². The summed E-state index contributed by atoms with van der Waals surface area (Å²) in [6.45, 7) is 1.67. The number of nitrogens with two attached hydrogens (primary N) is 2. The Morgan fingerprint density at radius 3 is 2.39 bits per heavy atom. The van der Waals surface area contributed by atoms with E-state index < -0.39 is 11.9 Å². The maximum absolute atomic E-state index is 10.6. The summed E-state index contributed by atoms with van der Waals surface area (Å²) in [5.74, 6) is -0.546. The van der Waals surface area contributed by atoms with Gasteiger partial charge in [-0.25, -0.2) is 4.79 Å². The topological polar surface area (TPSA) is 119 Å². The predicted octanol–water partition coefficient (Wildman–Crippen LogP) is 0.245. The van der Waals surface area contributed by atoms with Gasteiger partial charge in [-0.3, -0.25) is 9.63 Å². The Bertz CT molecular complexity index is 419. The zero-order valence-electron chi connectivity index (χ0n) is 9.97. The molecular formula is C11H16N4O3. The summed E-state index contributed by atoms with van der Waals surface area (Å²) in [6.07, 6.45) is 0. The maximum Gasteiger partial charge on any atom is 0.316 e. The third-order valence-corrected chi connectivity index (χ3v) is 2.15. The van der Waals surface area contributed by atoms with Crippen molar-refractivity contribution in [1.29, 1.82) is 0 Å². The van der Waals surface area contributed by atoms with Gasteiger partial charge >= 0.3 is 6.03 Å². The highest BCUT2D eigenvalue weighted by atomic mass is 16.6. The highest BCUT2D eigenvalue weighted by Gasteiger charge is 2.06. The van der Waals surface area contributed by atoms with Crippen LogP contribution in [0, 0.1) is 0 Å². The molecule has 1 atom stereocenters. The molecule has 98 valence electrons. The molecule has 7 heteroatoms. The molecule has 18 heavy (non-hydrogen) atoms. The Balaban J connectivity index is 2.50. The highest BCUT2D eigenvalue weighted by Crippen LogP contribution is 2.15. The molecule has 1 aromatic rings. The molecule has 0 spiro atoms. The molecule has 0 saturated heterocycles. The van der Waals surface area contributed by atoms with Crippen LogP contribution in [-0.2, 0) is 9.63 Å². The lowest BCUT2D eigenvalue weighted by molar-refractivity contribution is -0.126. The van der Waals surface area contributed by atoms with Gasteiger partial charge in [0.2, 0.25) is 5.91 Å². The highest BCUT2D eigenvalue weighted by molar-refractivity contribution is 5.87. The van der Waals surface area contributed by atoms with E-state index in [0.717, 1.165) is 5.56 Å². The van der Waals surface area contributed by atoms with Crippen LogP contribution in [0.25, 0.3) is 0 Å². The van der Waals surface area contributed by atoms with Gasteiger partial charge in [0.15, 0.2) is 0 Å². The van der Waals surface area contributed by atoms with Crippen LogP contribution in [0.4, 0.5) is 10.5 Å². The summed E-state index contributed by atoms with van der Waals surface area (Å²) in [5.41, 5.74) is 14.1. The minimum Gasteiger partial charge on any atom is -0.368 e. The van der Waals surface area contributed by atoms with Gasteiger partial charge in [-0.2, -0.15) is 5.48 Å². The second-order valence-corrected chi connectivity index (χ2v) is 3.71. The molecule has 0 aliphatic carbocycles. The average molecular weight is 252 g/mol. The maximum atomic E-state index is 10.6. The van der Waals surface area contributed by atoms with Crippen molar-refractivity contribution in [2.45, 2.75) is 13.0 Å². The van der Waals surface area contributed by atoms with Crippen molar-refractivity contribution in [2.75, 3.05) is 11.9 Å². The fraction of sp³-hybridized carbons (Fsp3) is 0.273. The fourth-order valence-corrected chi connectivity index (χ4v) is 1.30. The number of hydrogen-bond donors (Lipinski definition) is 4. The van der Waals surface area contributed by atoms with Gasteiger partial charge in [-0.15, -0.1) is 0 Å². The van der Waals surface area contributed by atoms with E-state index in [1.165, 1.54) is 0 Å². The van der Waals surface area contributed by atoms with Crippen LogP contribution in [0.2, 0.25) is 0 Å². The van der Waals surface area contributed by atoms with E-state index in [1.54, 1.807) is 24.3 Å². The second kappa shape index (κ2) is 6.58. The Labute approximate surface area is 104 Å². The van der Waals surface area contributed by atoms with Gasteiger partial charge in [0.1, 0.15) is 6.61 Å². The first-order chi connectivity index (χ1) is 8.49. The fourth-order valence-electron chi connectivity index (χ4n) is 1.30. The molecule has 0 aliphatic heterocycles. The molecule has 0 aromatic heterocycles. The molecule has 3 amide bonds. The van der Waals surface area contributed by atoms with Crippen molar-refractivity contribution >= 4 is 17.6 Å². The van der Waals surface area contributed by atoms with Crippen LogP contribution >= 0.6 is 0 Å². The first-order valence-electron chi connectivity index (χ1n) is 5.31. The number of amides is 3. The third-order valence-electron chi connectivity index (χ3n) is 2.15. The summed E-state index contributed by atoms with van der Waals surface area (Å²) < 4.78 is 0. The van der Waals surface area contributed by atoms with E-state index in [1.807, 2.05) is 6.92 Å². The van der Waals surface area contributed by atoms with Crippen LogP contribution in [0.5, 0.6) is 0 Å². The van der Waals surface area contributed by atoms with Crippen molar-refractivity contribution in [3.63, 3.8) is 0 Å². The van der Waals surface area contributed by atoms with Crippen LogP contribution in [0.1, 0.15) is 18.5 Å². The molecule has 1 aromatic carbocycles. The number of urea groups is 1. The molecule has 0 saturated carbocycles. The van der Waals surface area contributed by atoms with Crippen LogP contribution in [-0.4, -0.2) is 18.5 Å². The quantitative estimate of drug-likeness (QED) is 0.542. The number of anilines is 1. The summed E-state index contributed by atoms with van der Waals surface area (Å²) >= 11 is 0. The monoisotopic (exact) mass is 252 g/mol. The van der Waals surface area contributed by atoms with Gasteiger partial charge in [-0.1, -0.05) is 12.1 Å². The molecule has 0 radical (unpaired) electrons. The first-order valence-corrected chi connectivity index (χ1v) is 5.31. The third kappa shape index (κ3) is 4.81. The zero-order valence-corrected chi connectivity index (χ0v) is 9.97. The smallest absolute Gasteiger partial charge is 0.316 e. The minimum atomic E-state index is -0.612. The summed E-state index contributed by atoms with van der Waals surface area (Å²) in [4.78, 5) is 26.0. The summed E-state index contributed by atoms with van der Waals surface area (Å²) in [6, 6.07) is 6.30. The van der Waals surface area contributed by atoms with E-state index in [4.69, 9.17) is 16.3 Å². The molecule has 1 rings (SSSR count). The predicted molar refractivity (Wildman–Crippen MR) is 66.3 cm³/mol. The molecule has 0 bridgehead atoms. The molecule has 0 aliphatic rings. The lowest BCUT2D eigenvalue weighted by Gasteiger charge is -2.13. The van der Waals surface area contributed by atoms with E-state index in [9.17, 15) is 9.59 Å². The standard InChI is InChI=1S/C11H16N4O3/c1-7(15-18-6-10(12)16)8-2-4-9(5-3-8)14-11(13)17/h2-5,7,15H,6H2,1H3,(H2,12,16)(H3,13,14,17). The van der Waals surface area contributed by atoms with Gasteiger partial charge in [0, 0.05) is 5.69 Å². The van der Waals surface area contributed by atoms with E-state index >= 15 is 0 Å². The lowest BCUT2D eigenvalue weighted by atomic mass is 10.1. The van der Waals surface area contributed by atoms with Crippen molar-refractivity contribution in [2.24, 2.45) is 11.5 Å². The van der Waals surface area contributed by atoms with E-state index in [0.29, 0.717) is 5.69 Å². The number of carbonyl (C=O) groups is 2. The molecule has 1 unspecified atom stereocenters. The zero-order chi connectivity index (χ0) is 13.5. The first kappa shape index (κ1) is 13.9. The number of nitrogens with one attached hydrogen (secondary N) is 2. The van der Waals surface area contributed by atoms with Gasteiger partial charge in [0.05, 0.1) is 6.04 Å². The summed E-state index contributed by atoms with van der Waals surface area (Å²) in [5, 5.41) is 2.46. The SMILES string of the molecule is CC(NOCC(N)=O)c1ccc(NC(N)=O)cc1. The molecule has 0 heterocycles. The number of benzene rings is 1. The molecular weight excluding hydrogens is 236 g/mol. The summed E-state index contributed by atoms with van der Waals surface area (Å²) in [7, 11) is 0. The van der Waals surface area contributed by atoms with Gasteiger partial charge in [-0.05, 0) is 24.6 Å². The molecule has 0 fully saturated rings. The van der Waals surface area contributed by atoms with Crippen molar-refractivity contribution in [1.82, 2.24) is 5.48 Å². The van der Waals surface area contributed by atoms with Crippen molar-refractivity contribution in [3.8, 4) is 0 Å². The van der Waals surface area contributed by atoms with Crippen LogP contribution < -0.4 is 22.3 Å². The Morgan fingerprint density at radius 1 is 1.28 bits per heavy atom. The normalized spacial score (nSPS) is 11.8. The van der Waals surface area contributed by atoms with Crippen LogP contribution in [0.3, 0.4) is 0 Å². The number of primary amides is 2. The van der Waals surface area contributed by atoms with Crippen molar-refractivity contribution < 1.29 is 14.4 Å². The molecule has 6 N–H and O–H groups in total. The number of hydroxylamine groups is 1. The second-order valence-electron chi connectivity index (χ2n) is 3.71. The number of rotatable bonds is 6. The minimum absolute atomic E-state index is 0.119. The number of hydrogen-bond acceptors (Lipinski definition) is 4. The lowest BCUT2D eigenvalue weighted by Crippen LogP contribution is -2.26. The largest absolute Gasteiger partial charge is 0.368 e. The van der Waals surface area contributed by atoms with Gasteiger partial charge in [0.25, 0.3) is 0 Å². The number of carbonyl (C=O) groups excluding carboxylic acids is 2. The Hall–Kier alpha value is -2.12. The average Bonchev–Trinajstić information content (AvgIpc) is 2.28. The van der Waals surface area contributed by atoms with E-state index in [2.05, 4.69) is 10.8 Å². The molecule has 7 nitrogen and oxygen atoms in total. The Morgan fingerprint density at radius 2 is 1.89 bits per heavy atom. The Kier molecular flexibility index (Phi) is 5.09.